The van der Waals surface area contributed by atoms with Crippen LogP contribution >= 0.6 is 11.3 Å². The van der Waals surface area contributed by atoms with E-state index >= 15 is 0 Å². The lowest BCUT2D eigenvalue weighted by Crippen LogP contribution is -2.10. The number of carbonyl (C=O) groups is 1. The standard InChI is InChI=1S/C13H17N3O2S/c1-3-10-15-11(13(17)18-2)12(14)16(10)7-6-9-5-4-8-19-9/h4-5,8H,3,6-7,14H2,1-2H3. The van der Waals surface area contributed by atoms with Crippen LogP contribution < -0.4 is 5.73 Å². The number of rotatable bonds is 5. The maximum Gasteiger partial charge on any atom is 0.360 e. The van der Waals surface area contributed by atoms with Crippen LogP contribution in [0, 0.1) is 0 Å². The molecule has 2 aromatic rings. The van der Waals surface area contributed by atoms with Crippen molar-refractivity contribution in [2.75, 3.05) is 12.8 Å². The Balaban J connectivity index is 2.23. The van der Waals surface area contributed by atoms with Crippen molar-refractivity contribution in [3.05, 3.63) is 33.9 Å². The van der Waals surface area contributed by atoms with Crippen molar-refractivity contribution in [3.8, 4) is 0 Å². The fourth-order valence-corrected chi connectivity index (χ4v) is 2.65. The number of nitrogens with two attached hydrogens (primary N) is 1. The first kappa shape index (κ1) is 13.6. The topological polar surface area (TPSA) is 70.1 Å². The summed E-state index contributed by atoms with van der Waals surface area (Å²) in [6.45, 7) is 2.71. The number of anilines is 1. The van der Waals surface area contributed by atoms with Gasteiger partial charge in [0, 0.05) is 17.8 Å². The number of hydrogen-bond donors (Lipinski definition) is 1. The van der Waals surface area contributed by atoms with E-state index in [2.05, 4.69) is 15.8 Å². The van der Waals surface area contributed by atoms with Gasteiger partial charge in [0.2, 0.25) is 0 Å². The molecule has 0 aromatic carbocycles. The smallest absolute Gasteiger partial charge is 0.360 e. The Morgan fingerprint density at radius 1 is 1.58 bits per heavy atom. The summed E-state index contributed by atoms with van der Waals surface area (Å²) < 4.78 is 6.58. The molecule has 2 rings (SSSR count). The van der Waals surface area contributed by atoms with Crippen LogP contribution in [-0.4, -0.2) is 22.6 Å². The molecule has 19 heavy (non-hydrogen) atoms. The number of thiophene rings is 1. The van der Waals surface area contributed by atoms with Gasteiger partial charge in [-0.05, 0) is 17.9 Å². The number of methoxy groups -OCH3 is 1. The zero-order valence-electron chi connectivity index (χ0n) is 11.0. The highest BCUT2D eigenvalue weighted by atomic mass is 32.1. The van der Waals surface area contributed by atoms with E-state index in [1.165, 1.54) is 12.0 Å². The maximum atomic E-state index is 11.6. The normalized spacial score (nSPS) is 10.6. The van der Waals surface area contributed by atoms with Crippen LogP contribution in [-0.2, 0) is 24.1 Å². The third-order valence-electron chi connectivity index (χ3n) is 2.94. The SMILES string of the molecule is CCc1nc(C(=O)OC)c(N)n1CCc1cccs1. The van der Waals surface area contributed by atoms with Crippen molar-refractivity contribution in [2.45, 2.75) is 26.3 Å². The molecule has 0 saturated heterocycles. The minimum atomic E-state index is -0.484. The van der Waals surface area contributed by atoms with E-state index in [9.17, 15) is 4.79 Å². The van der Waals surface area contributed by atoms with Crippen molar-refractivity contribution >= 4 is 23.1 Å². The molecule has 0 aliphatic heterocycles. The van der Waals surface area contributed by atoms with Crippen LogP contribution in [0.3, 0.4) is 0 Å². The lowest BCUT2D eigenvalue weighted by atomic mass is 10.3. The number of esters is 1. The molecular formula is C13H17N3O2S. The number of aromatic nitrogens is 2. The minimum Gasteiger partial charge on any atom is -0.464 e. The second-order valence-corrected chi connectivity index (χ2v) is 5.12. The summed E-state index contributed by atoms with van der Waals surface area (Å²) >= 11 is 1.71. The first-order valence-electron chi connectivity index (χ1n) is 6.13. The van der Waals surface area contributed by atoms with Crippen molar-refractivity contribution in [1.82, 2.24) is 9.55 Å². The van der Waals surface area contributed by atoms with Gasteiger partial charge in [-0.2, -0.15) is 0 Å². The van der Waals surface area contributed by atoms with Crippen LogP contribution in [0.25, 0.3) is 0 Å². The van der Waals surface area contributed by atoms with Crippen molar-refractivity contribution in [2.24, 2.45) is 0 Å². The van der Waals surface area contributed by atoms with Gasteiger partial charge in [0.05, 0.1) is 7.11 Å². The number of carbonyl (C=O) groups excluding carboxylic acids is 1. The summed E-state index contributed by atoms with van der Waals surface area (Å²) in [5, 5.41) is 2.05. The summed E-state index contributed by atoms with van der Waals surface area (Å²) in [5.41, 5.74) is 6.21. The minimum absolute atomic E-state index is 0.213. The highest BCUT2D eigenvalue weighted by Crippen LogP contribution is 2.18. The molecule has 2 N–H and O–H groups in total. The molecular weight excluding hydrogens is 262 g/mol. The maximum absolute atomic E-state index is 11.6. The molecule has 0 fully saturated rings. The number of nitrogens with zero attached hydrogens (tertiary/aromatic N) is 2. The molecule has 0 radical (unpaired) electrons. The first-order valence-corrected chi connectivity index (χ1v) is 7.00. The van der Waals surface area contributed by atoms with Gasteiger partial charge in [-0.1, -0.05) is 13.0 Å². The van der Waals surface area contributed by atoms with E-state index < -0.39 is 5.97 Å². The van der Waals surface area contributed by atoms with Gasteiger partial charge < -0.3 is 15.0 Å². The van der Waals surface area contributed by atoms with Crippen LogP contribution in [0.1, 0.15) is 28.1 Å². The predicted molar refractivity (Wildman–Crippen MR) is 75.4 cm³/mol. The molecule has 0 aliphatic rings. The largest absolute Gasteiger partial charge is 0.464 e. The van der Waals surface area contributed by atoms with Crippen LogP contribution in [0.5, 0.6) is 0 Å². The molecule has 0 atom stereocenters. The van der Waals surface area contributed by atoms with Gasteiger partial charge in [-0.3, -0.25) is 0 Å². The molecule has 5 nitrogen and oxygen atoms in total. The summed E-state index contributed by atoms with van der Waals surface area (Å²) in [4.78, 5) is 17.1. The van der Waals surface area contributed by atoms with E-state index in [1.807, 2.05) is 22.9 Å². The summed E-state index contributed by atoms with van der Waals surface area (Å²) in [7, 11) is 1.33. The van der Waals surface area contributed by atoms with E-state index in [4.69, 9.17) is 5.73 Å². The first-order chi connectivity index (χ1) is 9.17. The molecule has 0 saturated carbocycles. The third kappa shape index (κ3) is 2.78. The van der Waals surface area contributed by atoms with Crippen molar-refractivity contribution in [3.63, 3.8) is 0 Å². The predicted octanol–water partition coefficient (Wildman–Crippen LogP) is 2.12. The Morgan fingerprint density at radius 2 is 2.37 bits per heavy atom. The Labute approximate surface area is 116 Å². The summed E-state index contributed by atoms with van der Waals surface area (Å²) in [6.07, 6.45) is 1.61. The van der Waals surface area contributed by atoms with Gasteiger partial charge in [-0.15, -0.1) is 11.3 Å². The average Bonchev–Trinajstić information content (AvgIpc) is 3.03. The molecule has 0 aliphatic carbocycles. The van der Waals surface area contributed by atoms with Crippen LogP contribution in [0.4, 0.5) is 5.82 Å². The molecule has 0 amide bonds. The van der Waals surface area contributed by atoms with E-state index in [0.717, 1.165) is 25.2 Å². The summed E-state index contributed by atoms with van der Waals surface area (Å²) in [5.74, 6) is 0.719. The molecule has 0 unspecified atom stereocenters. The molecule has 0 bridgehead atoms. The highest BCUT2D eigenvalue weighted by Gasteiger charge is 2.19. The third-order valence-corrected chi connectivity index (χ3v) is 3.88. The van der Waals surface area contributed by atoms with Crippen molar-refractivity contribution in [1.29, 1.82) is 0 Å². The monoisotopic (exact) mass is 279 g/mol. The fourth-order valence-electron chi connectivity index (χ4n) is 1.96. The second kappa shape index (κ2) is 5.88. The van der Waals surface area contributed by atoms with Gasteiger partial charge in [0.1, 0.15) is 11.6 Å². The lowest BCUT2D eigenvalue weighted by Gasteiger charge is -2.07. The highest BCUT2D eigenvalue weighted by molar-refractivity contribution is 7.09. The van der Waals surface area contributed by atoms with E-state index in [1.54, 1.807) is 11.3 Å². The average molecular weight is 279 g/mol. The zero-order valence-corrected chi connectivity index (χ0v) is 11.9. The quantitative estimate of drug-likeness (QED) is 0.851. The van der Waals surface area contributed by atoms with E-state index in [0.29, 0.717) is 5.82 Å². The zero-order chi connectivity index (χ0) is 13.8. The molecule has 0 spiro atoms. The van der Waals surface area contributed by atoms with Gasteiger partial charge in [-0.25, -0.2) is 9.78 Å². The summed E-state index contributed by atoms with van der Waals surface area (Å²) in [6, 6.07) is 4.11. The molecule has 2 heterocycles. The number of hydrogen-bond acceptors (Lipinski definition) is 5. The Morgan fingerprint density at radius 3 is 2.95 bits per heavy atom. The van der Waals surface area contributed by atoms with Crippen LogP contribution in [0.2, 0.25) is 0 Å². The lowest BCUT2D eigenvalue weighted by molar-refractivity contribution is 0.0595. The second-order valence-electron chi connectivity index (χ2n) is 4.09. The number of nitrogen functional groups attached to an aromatic ring is 1. The number of aryl methyl sites for hydroxylation is 2. The molecule has 2 aromatic heterocycles. The molecule has 6 heteroatoms. The Kier molecular flexibility index (Phi) is 4.21. The van der Waals surface area contributed by atoms with E-state index in [-0.39, 0.29) is 5.69 Å². The number of ether oxygens (including phenoxy) is 1. The van der Waals surface area contributed by atoms with Gasteiger partial charge in [0.25, 0.3) is 0 Å². The fraction of sp³-hybridized carbons (Fsp3) is 0.385. The Hall–Kier alpha value is -1.82. The Bertz CT molecular complexity index is 561. The van der Waals surface area contributed by atoms with Gasteiger partial charge >= 0.3 is 5.97 Å². The van der Waals surface area contributed by atoms with Gasteiger partial charge in [0.15, 0.2) is 5.69 Å². The van der Waals surface area contributed by atoms with Crippen molar-refractivity contribution < 1.29 is 9.53 Å². The molecule has 102 valence electrons. The number of imidazole rings is 1. The van der Waals surface area contributed by atoms with Crippen LogP contribution in [0.15, 0.2) is 17.5 Å².